The van der Waals surface area contributed by atoms with E-state index in [4.69, 9.17) is 10.6 Å². The molecule has 1 fully saturated rings. The third-order valence-electron chi connectivity index (χ3n) is 3.95. The van der Waals surface area contributed by atoms with Gasteiger partial charge < -0.3 is 4.74 Å². The van der Waals surface area contributed by atoms with Gasteiger partial charge >= 0.3 is 0 Å². The number of hydrogen-bond acceptors (Lipinski definition) is 4. The average molecular weight is 254 g/mol. The highest BCUT2D eigenvalue weighted by atomic mass is 32.1. The monoisotopic (exact) mass is 254 g/mol. The fourth-order valence-corrected chi connectivity index (χ4v) is 3.87. The molecule has 0 saturated carbocycles. The largest absolute Gasteiger partial charge is 0.375 e. The zero-order chi connectivity index (χ0) is 12.6. The summed E-state index contributed by atoms with van der Waals surface area (Å²) in [4.78, 5) is 2.64. The fourth-order valence-electron chi connectivity index (χ4n) is 2.87. The van der Waals surface area contributed by atoms with Gasteiger partial charge in [-0.3, -0.25) is 11.3 Å². The molecule has 4 heteroatoms. The van der Waals surface area contributed by atoms with E-state index in [9.17, 15) is 0 Å². The second-order valence-corrected chi connectivity index (χ2v) is 6.40. The first-order chi connectivity index (χ1) is 8.04. The van der Waals surface area contributed by atoms with E-state index in [0.717, 1.165) is 0 Å². The van der Waals surface area contributed by atoms with Crippen molar-refractivity contribution in [3.8, 4) is 0 Å². The number of hydrogen-bond donors (Lipinski definition) is 2. The lowest BCUT2D eigenvalue weighted by atomic mass is 9.83. The molecule has 0 amide bonds. The number of ether oxygens (including phenoxy) is 1. The summed E-state index contributed by atoms with van der Waals surface area (Å²) in [7, 11) is 0. The lowest BCUT2D eigenvalue weighted by Gasteiger charge is -2.27. The predicted molar refractivity (Wildman–Crippen MR) is 71.8 cm³/mol. The van der Waals surface area contributed by atoms with E-state index >= 15 is 0 Å². The Balaban J connectivity index is 2.24. The van der Waals surface area contributed by atoms with Gasteiger partial charge in [-0.2, -0.15) is 0 Å². The Kier molecular flexibility index (Phi) is 3.88. The Morgan fingerprint density at radius 2 is 2.00 bits per heavy atom. The van der Waals surface area contributed by atoms with E-state index in [1.54, 1.807) is 0 Å². The number of nitrogens with two attached hydrogens (primary N) is 1. The van der Waals surface area contributed by atoms with E-state index in [1.807, 2.05) is 11.3 Å². The van der Waals surface area contributed by atoms with E-state index in [0.29, 0.717) is 17.9 Å². The average Bonchev–Trinajstić information content (AvgIpc) is 2.79. The highest BCUT2D eigenvalue weighted by Crippen LogP contribution is 2.41. The van der Waals surface area contributed by atoms with E-state index < -0.39 is 0 Å². The number of rotatable bonds is 3. The van der Waals surface area contributed by atoms with Crippen LogP contribution in [0.3, 0.4) is 0 Å². The van der Waals surface area contributed by atoms with Crippen LogP contribution in [0.25, 0.3) is 0 Å². The Morgan fingerprint density at radius 3 is 2.41 bits per heavy atom. The third kappa shape index (κ3) is 2.40. The minimum absolute atomic E-state index is 0.198. The van der Waals surface area contributed by atoms with Gasteiger partial charge in [0.05, 0.1) is 18.2 Å². The van der Waals surface area contributed by atoms with Crippen LogP contribution >= 0.6 is 11.3 Å². The molecule has 3 N–H and O–H groups in total. The molecule has 1 aliphatic rings. The summed E-state index contributed by atoms with van der Waals surface area (Å²) < 4.78 is 5.91. The van der Waals surface area contributed by atoms with Gasteiger partial charge in [-0.25, -0.2) is 0 Å². The molecule has 0 aliphatic carbocycles. The van der Waals surface area contributed by atoms with Crippen molar-refractivity contribution in [1.29, 1.82) is 0 Å². The minimum atomic E-state index is 0.198. The molecule has 1 aromatic heterocycles. The second kappa shape index (κ2) is 5.06. The van der Waals surface area contributed by atoms with Crippen LogP contribution < -0.4 is 11.3 Å². The van der Waals surface area contributed by atoms with E-state index in [2.05, 4.69) is 45.3 Å². The molecule has 1 saturated heterocycles. The van der Waals surface area contributed by atoms with Crippen molar-refractivity contribution >= 4 is 11.3 Å². The van der Waals surface area contributed by atoms with Gasteiger partial charge in [-0.1, -0.05) is 6.92 Å². The molecular formula is C13H22N2OS. The predicted octanol–water partition coefficient (Wildman–Crippen LogP) is 2.62. The van der Waals surface area contributed by atoms with Crippen LogP contribution in [-0.4, -0.2) is 12.2 Å². The molecule has 2 rings (SSSR count). The Bertz CT molecular complexity index is 379. The van der Waals surface area contributed by atoms with Gasteiger partial charge in [0.15, 0.2) is 0 Å². The molecule has 0 spiro atoms. The highest BCUT2D eigenvalue weighted by molar-refractivity contribution is 7.12. The summed E-state index contributed by atoms with van der Waals surface area (Å²) in [5, 5.41) is 0. The molecule has 5 unspecified atom stereocenters. The van der Waals surface area contributed by atoms with Crippen molar-refractivity contribution in [3.63, 3.8) is 0 Å². The molecule has 0 bridgehead atoms. The van der Waals surface area contributed by atoms with Crippen LogP contribution in [0.4, 0.5) is 0 Å². The Morgan fingerprint density at radius 1 is 1.29 bits per heavy atom. The lowest BCUT2D eigenvalue weighted by Crippen LogP contribution is -2.38. The van der Waals surface area contributed by atoms with Crippen molar-refractivity contribution in [2.75, 3.05) is 0 Å². The maximum absolute atomic E-state index is 5.91. The molecule has 3 nitrogen and oxygen atoms in total. The summed E-state index contributed by atoms with van der Waals surface area (Å²) in [6.07, 6.45) is 0.565. The maximum atomic E-state index is 5.91. The van der Waals surface area contributed by atoms with Crippen LogP contribution in [0.2, 0.25) is 0 Å². The molecule has 1 aromatic rings. The van der Waals surface area contributed by atoms with Gasteiger partial charge in [0.2, 0.25) is 0 Å². The van der Waals surface area contributed by atoms with Crippen LogP contribution in [0.1, 0.15) is 36.6 Å². The van der Waals surface area contributed by atoms with Gasteiger partial charge in [-0.05, 0) is 38.8 Å². The summed E-state index contributed by atoms with van der Waals surface area (Å²) in [5.74, 6) is 6.72. The van der Waals surface area contributed by atoms with Gasteiger partial charge in [0.25, 0.3) is 0 Å². The number of hydrazine groups is 1. The highest BCUT2D eigenvalue weighted by Gasteiger charge is 2.42. The molecular weight excluding hydrogens is 232 g/mol. The second-order valence-electron chi connectivity index (χ2n) is 5.08. The fraction of sp³-hybridized carbons (Fsp3) is 0.692. The Labute approximate surface area is 107 Å². The topological polar surface area (TPSA) is 47.3 Å². The van der Waals surface area contributed by atoms with E-state index in [-0.39, 0.29) is 12.1 Å². The van der Waals surface area contributed by atoms with Gasteiger partial charge in [0.1, 0.15) is 0 Å². The first-order valence-electron chi connectivity index (χ1n) is 6.22. The third-order valence-corrected chi connectivity index (χ3v) is 5.03. The number of thiophene rings is 1. The molecule has 96 valence electrons. The smallest absolute Gasteiger partial charge is 0.0609 e. The SMILES string of the molecule is Cc1ccc(C(NN)C2C(C)OC(C)C2C)s1. The first-order valence-corrected chi connectivity index (χ1v) is 7.04. The van der Waals surface area contributed by atoms with Gasteiger partial charge in [0, 0.05) is 15.7 Å². The van der Waals surface area contributed by atoms with Crippen LogP contribution in [-0.2, 0) is 4.74 Å². The summed E-state index contributed by atoms with van der Waals surface area (Å²) in [6, 6.07) is 4.52. The summed E-state index contributed by atoms with van der Waals surface area (Å²) in [5.41, 5.74) is 2.99. The van der Waals surface area contributed by atoms with Crippen molar-refractivity contribution in [2.45, 2.75) is 45.9 Å². The first kappa shape index (κ1) is 13.0. The molecule has 1 aliphatic heterocycles. The Hall–Kier alpha value is -0.420. The molecule has 2 heterocycles. The maximum Gasteiger partial charge on any atom is 0.0609 e. The van der Waals surface area contributed by atoms with Gasteiger partial charge in [-0.15, -0.1) is 11.3 Å². The zero-order valence-corrected chi connectivity index (χ0v) is 11.8. The van der Waals surface area contributed by atoms with Crippen LogP contribution in [0.15, 0.2) is 12.1 Å². The normalized spacial score (nSPS) is 35.1. The summed E-state index contributed by atoms with van der Waals surface area (Å²) >= 11 is 1.81. The number of nitrogens with one attached hydrogen (secondary N) is 1. The number of aryl methyl sites for hydroxylation is 1. The molecule has 0 aromatic carbocycles. The summed E-state index contributed by atoms with van der Waals surface area (Å²) in [6.45, 7) is 8.68. The molecule has 0 radical (unpaired) electrons. The lowest BCUT2D eigenvalue weighted by molar-refractivity contribution is 0.0476. The van der Waals surface area contributed by atoms with Crippen molar-refractivity contribution in [2.24, 2.45) is 17.7 Å². The van der Waals surface area contributed by atoms with Crippen molar-refractivity contribution in [3.05, 3.63) is 21.9 Å². The zero-order valence-electron chi connectivity index (χ0n) is 10.9. The quantitative estimate of drug-likeness (QED) is 0.644. The minimum Gasteiger partial charge on any atom is -0.375 e. The molecule has 17 heavy (non-hydrogen) atoms. The van der Waals surface area contributed by atoms with E-state index in [1.165, 1.54) is 9.75 Å². The van der Waals surface area contributed by atoms with Crippen molar-refractivity contribution in [1.82, 2.24) is 5.43 Å². The molecule has 5 atom stereocenters. The van der Waals surface area contributed by atoms with Crippen molar-refractivity contribution < 1.29 is 4.74 Å². The standard InChI is InChI=1S/C13H22N2OS/c1-7-5-6-11(17-7)13(15-14)12-8(2)9(3)16-10(12)4/h5-6,8-10,12-13,15H,14H2,1-4H3. The van der Waals surface area contributed by atoms with Crippen LogP contribution in [0.5, 0.6) is 0 Å². The van der Waals surface area contributed by atoms with Crippen LogP contribution in [0, 0.1) is 18.8 Å².